The summed E-state index contributed by atoms with van der Waals surface area (Å²) in [6.07, 6.45) is 0. The van der Waals surface area contributed by atoms with Crippen molar-refractivity contribution in [3.8, 4) is 6.07 Å². The molecule has 0 aliphatic carbocycles. The molecule has 0 radical (unpaired) electrons. The van der Waals surface area contributed by atoms with Gasteiger partial charge in [-0.3, -0.25) is 14.9 Å². The first-order valence-electron chi connectivity index (χ1n) is 7.16. The summed E-state index contributed by atoms with van der Waals surface area (Å²) >= 11 is 1.44. The summed E-state index contributed by atoms with van der Waals surface area (Å²) in [5.41, 5.74) is 2.12. The molecule has 122 valence electrons. The molecule has 0 aromatic heterocycles. The third-order valence-electron chi connectivity index (χ3n) is 3.25. The summed E-state index contributed by atoms with van der Waals surface area (Å²) in [4.78, 5) is 22.3. The minimum absolute atomic E-state index is 0.00281. The zero-order valence-corrected chi connectivity index (χ0v) is 13.6. The highest BCUT2D eigenvalue weighted by atomic mass is 32.2. The minimum Gasteiger partial charge on any atom is -0.351 e. The van der Waals surface area contributed by atoms with E-state index >= 15 is 0 Å². The molecule has 0 saturated carbocycles. The number of rotatable bonds is 7. The second-order valence-corrected chi connectivity index (χ2v) is 5.95. The molecular formula is C17H15N3O3S. The number of benzene rings is 2. The van der Waals surface area contributed by atoms with Gasteiger partial charge < -0.3 is 5.32 Å². The summed E-state index contributed by atoms with van der Waals surface area (Å²) < 4.78 is 0. The Morgan fingerprint density at radius 1 is 1.21 bits per heavy atom. The minimum atomic E-state index is -0.457. The molecule has 2 aromatic carbocycles. The van der Waals surface area contributed by atoms with Crippen molar-refractivity contribution in [2.45, 2.75) is 12.3 Å². The number of hydrogen-bond acceptors (Lipinski definition) is 5. The predicted molar refractivity (Wildman–Crippen MR) is 92.3 cm³/mol. The standard InChI is InChI=1S/C17H15N3O3S/c18-9-13-5-7-14(8-6-13)11-24-12-17(21)19-10-15-3-1-2-4-16(15)20(22)23/h1-8H,10-12H2,(H,19,21). The number of hydrogen-bond donors (Lipinski definition) is 1. The van der Waals surface area contributed by atoms with Gasteiger partial charge in [-0.1, -0.05) is 30.3 Å². The average molecular weight is 341 g/mol. The van der Waals surface area contributed by atoms with Crippen LogP contribution in [-0.4, -0.2) is 16.6 Å². The summed E-state index contributed by atoms with van der Waals surface area (Å²) in [6, 6.07) is 15.6. The van der Waals surface area contributed by atoms with Crippen LogP contribution in [0.2, 0.25) is 0 Å². The number of nitrogens with zero attached hydrogens (tertiary/aromatic N) is 2. The highest BCUT2D eigenvalue weighted by Gasteiger charge is 2.12. The number of para-hydroxylation sites is 1. The SMILES string of the molecule is N#Cc1ccc(CSCC(=O)NCc2ccccc2[N+](=O)[O-])cc1. The van der Waals surface area contributed by atoms with Gasteiger partial charge in [0.25, 0.3) is 5.69 Å². The first kappa shape index (κ1) is 17.5. The summed E-state index contributed by atoms with van der Waals surface area (Å²) in [7, 11) is 0. The van der Waals surface area contributed by atoms with Gasteiger partial charge in [0, 0.05) is 23.9 Å². The van der Waals surface area contributed by atoms with Crippen molar-refractivity contribution in [2.24, 2.45) is 0 Å². The Bertz CT molecular complexity index is 769. The van der Waals surface area contributed by atoms with Crippen LogP contribution in [0.1, 0.15) is 16.7 Å². The van der Waals surface area contributed by atoms with Crippen molar-refractivity contribution in [1.82, 2.24) is 5.32 Å². The van der Waals surface area contributed by atoms with Gasteiger partial charge in [0.05, 0.1) is 22.3 Å². The van der Waals surface area contributed by atoms with Crippen LogP contribution in [0, 0.1) is 21.4 Å². The Kier molecular flexibility index (Phi) is 6.34. The van der Waals surface area contributed by atoms with E-state index in [1.165, 1.54) is 17.8 Å². The number of thioether (sulfide) groups is 1. The average Bonchev–Trinajstić information content (AvgIpc) is 2.60. The number of amides is 1. The van der Waals surface area contributed by atoms with Crippen molar-refractivity contribution >= 4 is 23.4 Å². The molecule has 2 aromatic rings. The van der Waals surface area contributed by atoms with Gasteiger partial charge in [-0.25, -0.2) is 0 Å². The van der Waals surface area contributed by atoms with Gasteiger partial charge in [0.1, 0.15) is 0 Å². The van der Waals surface area contributed by atoms with Gasteiger partial charge in [-0.2, -0.15) is 5.26 Å². The van der Waals surface area contributed by atoms with Gasteiger partial charge in [-0.05, 0) is 17.7 Å². The smallest absolute Gasteiger partial charge is 0.274 e. The van der Waals surface area contributed by atoms with Crippen LogP contribution in [0.4, 0.5) is 5.69 Å². The highest BCUT2D eigenvalue weighted by Crippen LogP contribution is 2.17. The lowest BCUT2D eigenvalue weighted by molar-refractivity contribution is -0.385. The van der Waals surface area contributed by atoms with Crippen LogP contribution < -0.4 is 5.32 Å². The van der Waals surface area contributed by atoms with Crippen LogP contribution in [0.5, 0.6) is 0 Å². The summed E-state index contributed by atoms with van der Waals surface area (Å²) in [5.74, 6) is 0.748. The number of carbonyl (C=O) groups is 1. The van der Waals surface area contributed by atoms with Crippen molar-refractivity contribution in [3.63, 3.8) is 0 Å². The summed E-state index contributed by atoms with van der Waals surface area (Å²) in [6.45, 7) is 0.132. The van der Waals surface area contributed by atoms with E-state index in [1.54, 1.807) is 30.3 Å². The van der Waals surface area contributed by atoms with Crippen LogP contribution in [0.3, 0.4) is 0 Å². The lowest BCUT2D eigenvalue weighted by atomic mass is 10.2. The maximum absolute atomic E-state index is 11.8. The van der Waals surface area contributed by atoms with Crippen molar-refractivity contribution in [2.75, 3.05) is 5.75 Å². The van der Waals surface area contributed by atoms with E-state index in [-0.39, 0.29) is 23.9 Å². The van der Waals surface area contributed by atoms with Crippen molar-refractivity contribution in [3.05, 3.63) is 75.3 Å². The molecule has 0 saturated heterocycles. The Balaban J connectivity index is 1.77. The Morgan fingerprint density at radius 3 is 2.58 bits per heavy atom. The summed E-state index contributed by atoms with van der Waals surface area (Å²) in [5, 5.41) is 22.3. The molecular weight excluding hydrogens is 326 g/mol. The molecule has 7 heteroatoms. The predicted octanol–water partition coefficient (Wildman–Crippen LogP) is 3.02. The first-order chi connectivity index (χ1) is 11.6. The number of nitrogens with one attached hydrogen (secondary N) is 1. The maximum Gasteiger partial charge on any atom is 0.274 e. The van der Waals surface area contributed by atoms with E-state index in [9.17, 15) is 14.9 Å². The quantitative estimate of drug-likeness (QED) is 0.617. The third-order valence-corrected chi connectivity index (χ3v) is 4.25. The van der Waals surface area contributed by atoms with Gasteiger partial charge in [0.15, 0.2) is 0 Å². The van der Waals surface area contributed by atoms with Crippen molar-refractivity contribution in [1.29, 1.82) is 5.26 Å². The van der Waals surface area contributed by atoms with E-state index < -0.39 is 4.92 Å². The van der Waals surface area contributed by atoms with E-state index in [4.69, 9.17) is 5.26 Å². The van der Waals surface area contributed by atoms with Crippen molar-refractivity contribution < 1.29 is 9.72 Å². The molecule has 0 heterocycles. The van der Waals surface area contributed by atoms with Crippen LogP contribution >= 0.6 is 11.8 Å². The monoisotopic (exact) mass is 341 g/mol. The second kappa shape index (κ2) is 8.70. The molecule has 0 aliphatic rings. The number of nitro groups is 1. The largest absolute Gasteiger partial charge is 0.351 e. The van der Waals surface area contributed by atoms with Crippen LogP contribution in [0.25, 0.3) is 0 Å². The number of nitro benzene ring substituents is 1. The van der Waals surface area contributed by atoms with E-state index in [2.05, 4.69) is 11.4 Å². The molecule has 0 fully saturated rings. The van der Waals surface area contributed by atoms with E-state index in [0.29, 0.717) is 16.9 Å². The third kappa shape index (κ3) is 5.11. The second-order valence-electron chi connectivity index (χ2n) is 4.96. The van der Waals surface area contributed by atoms with E-state index in [0.717, 1.165) is 5.56 Å². The zero-order valence-electron chi connectivity index (χ0n) is 12.8. The first-order valence-corrected chi connectivity index (χ1v) is 8.31. The molecule has 0 atom stereocenters. The molecule has 0 spiro atoms. The Hall–Kier alpha value is -2.85. The van der Waals surface area contributed by atoms with Gasteiger partial charge in [0.2, 0.25) is 5.91 Å². The fourth-order valence-electron chi connectivity index (χ4n) is 2.02. The Labute approximate surface area is 143 Å². The van der Waals surface area contributed by atoms with Gasteiger partial charge >= 0.3 is 0 Å². The fourth-order valence-corrected chi connectivity index (χ4v) is 2.84. The molecule has 1 amide bonds. The van der Waals surface area contributed by atoms with Gasteiger partial charge in [-0.15, -0.1) is 11.8 Å². The normalized spacial score (nSPS) is 9.96. The highest BCUT2D eigenvalue weighted by molar-refractivity contribution is 7.99. The molecule has 0 bridgehead atoms. The molecule has 0 aliphatic heterocycles. The fraction of sp³-hybridized carbons (Fsp3) is 0.176. The lowest BCUT2D eigenvalue weighted by Gasteiger charge is -2.06. The van der Waals surface area contributed by atoms with Crippen LogP contribution in [0.15, 0.2) is 48.5 Å². The van der Waals surface area contributed by atoms with Crippen LogP contribution in [-0.2, 0) is 17.1 Å². The van der Waals surface area contributed by atoms with E-state index in [1.807, 2.05) is 12.1 Å². The zero-order chi connectivity index (χ0) is 17.4. The molecule has 1 N–H and O–H groups in total. The number of nitriles is 1. The molecule has 2 rings (SSSR count). The molecule has 24 heavy (non-hydrogen) atoms. The number of carbonyl (C=O) groups excluding carboxylic acids is 1. The molecule has 0 unspecified atom stereocenters. The molecule has 6 nitrogen and oxygen atoms in total. The lowest BCUT2D eigenvalue weighted by Crippen LogP contribution is -2.25. The topological polar surface area (TPSA) is 96.0 Å². The Morgan fingerprint density at radius 2 is 1.92 bits per heavy atom. The maximum atomic E-state index is 11.8.